The molecule has 0 amide bonds. The molecule has 2 aromatic rings. The number of aliphatic hydroxyl groups is 1. The summed E-state index contributed by atoms with van der Waals surface area (Å²) in [4.78, 5) is 0. The molecule has 1 unspecified atom stereocenters. The molecule has 0 fully saturated rings. The van der Waals surface area contributed by atoms with Gasteiger partial charge in [-0.15, -0.1) is 0 Å². The highest BCUT2D eigenvalue weighted by Crippen LogP contribution is 2.26. The van der Waals surface area contributed by atoms with Crippen LogP contribution in [0.15, 0.2) is 53.0 Å². The lowest BCUT2D eigenvalue weighted by molar-refractivity contribution is 0.220. The number of benzene rings is 2. The minimum atomic E-state index is -0.559. The number of halogens is 1. The topological polar surface area (TPSA) is 20.2 Å². The van der Waals surface area contributed by atoms with Crippen LogP contribution >= 0.6 is 15.9 Å². The number of aliphatic hydroxyl groups excluding tert-OH is 1. The summed E-state index contributed by atoms with van der Waals surface area (Å²) in [5.41, 5.74) is 3.12. The summed E-state index contributed by atoms with van der Waals surface area (Å²) in [7, 11) is 0. The third kappa shape index (κ3) is 3.01. The van der Waals surface area contributed by atoms with E-state index in [-0.39, 0.29) is 0 Å². The van der Waals surface area contributed by atoms with Crippen LogP contribution in [0.25, 0.3) is 0 Å². The molecule has 0 bridgehead atoms. The molecule has 18 heavy (non-hydrogen) atoms. The molecule has 0 aliphatic rings. The lowest BCUT2D eigenvalue weighted by Crippen LogP contribution is -2.00. The van der Waals surface area contributed by atoms with Crippen molar-refractivity contribution in [1.29, 1.82) is 0 Å². The Bertz CT molecular complexity index is 517. The van der Waals surface area contributed by atoms with Crippen molar-refractivity contribution in [3.05, 3.63) is 69.7 Å². The minimum Gasteiger partial charge on any atom is -0.384 e. The molecule has 0 aliphatic carbocycles. The van der Waals surface area contributed by atoms with Crippen molar-refractivity contribution in [2.75, 3.05) is 0 Å². The van der Waals surface area contributed by atoms with Gasteiger partial charge in [0.25, 0.3) is 0 Å². The quantitative estimate of drug-likeness (QED) is 0.875. The molecule has 0 saturated heterocycles. The van der Waals surface area contributed by atoms with Crippen molar-refractivity contribution in [3.8, 4) is 0 Å². The van der Waals surface area contributed by atoms with Gasteiger partial charge in [-0.2, -0.15) is 0 Å². The standard InChI is InChI=1S/C16H17BrO/c1-11(2)13-4-3-5-14(10-13)16(18)12-6-8-15(17)9-7-12/h3-11,16,18H,1-2H3. The monoisotopic (exact) mass is 304 g/mol. The molecule has 1 nitrogen and oxygen atoms in total. The summed E-state index contributed by atoms with van der Waals surface area (Å²) in [6.45, 7) is 4.32. The van der Waals surface area contributed by atoms with Crippen molar-refractivity contribution < 1.29 is 5.11 Å². The third-order valence-corrected chi connectivity index (χ3v) is 3.61. The van der Waals surface area contributed by atoms with Crippen LogP contribution in [0, 0.1) is 0 Å². The van der Waals surface area contributed by atoms with E-state index in [1.807, 2.05) is 36.4 Å². The van der Waals surface area contributed by atoms with Crippen LogP contribution in [0.3, 0.4) is 0 Å². The first-order valence-electron chi connectivity index (χ1n) is 6.11. The van der Waals surface area contributed by atoms with Crippen LogP contribution in [-0.2, 0) is 0 Å². The zero-order valence-electron chi connectivity index (χ0n) is 10.6. The molecule has 2 heteroatoms. The molecule has 0 spiro atoms. The summed E-state index contributed by atoms with van der Waals surface area (Å²) in [6.07, 6.45) is -0.559. The average molecular weight is 305 g/mol. The van der Waals surface area contributed by atoms with E-state index in [1.54, 1.807) is 0 Å². The Morgan fingerprint density at radius 1 is 0.889 bits per heavy atom. The van der Waals surface area contributed by atoms with Crippen molar-refractivity contribution in [3.63, 3.8) is 0 Å². The zero-order valence-corrected chi connectivity index (χ0v) is 12.2. The fraction of sp³-hybridized carbons (Fsp3) is 0.250. The predicted molar refractivity (Wildman–Crippen MR) is 78.7 cm³/mol. The Morgan fingerprint density at radius 3 is 2.11 bits per heavy atom. The molecule has 1 N–H and O–H groups in total. The molecule has 0 heterocycles. The first-order valence-corrected chi connectivity index (χ1v) is 6.90. The predicted octanol–water partition coefficient (Wildman–Crippen LogP) is 4.65. The molecule has 0 radical (unpaired) electrons. The van der Waals surface area contributed by atoms with Gasteiger partial charge in [0.15, 0.2) is 0 Å². The van der Waals surface area contributed by atoms with Crippen LogP contribution in [0.5, 0.6) is 0 Å². The van der Waals surface area contributed by atoms with Gasteiger partial charge in [-0.3, -0.25) is 0 Å². The molecule has 0 aromatic heterocycles. The zero-order chi connectivity index (χ0) is 13.1. The summed E-state index contributed by atoms with van der Waals surface area (Å²) < 4.78 is 1.02. The van der Waals surface area contributed by atoms with Crippen LogP contribution in [0.4, 0.5) is 0 Å². The lowest BCUT2D eigenvalue weighted by Gasteiger charge is -2.14. The number of rotatable bonds is 3. The van der Waals surface area contributed by atoms with E-state index in [0.717, 1.165) is 15.6 Å². The molecule has 94 valence electrons. The van der Waals surface area contributed by atoms with Crippen molar-refractivity contribution in [2.45, 2.75) is 25.9 Å². The second kappa shape index (κ2) is 5.68. The van der Waals surface area contributed by atoms with Crippen molar-refractivity contribution in [2.24, 2.45) is 0 Å². The van der Waals surface area contributed by atoms with Crippen molar-refractivity contribution in [1.82, 2.24) is 0 Å². The Labute approximate surface area is 117 Å². The van der Waals surface area contributed by atoms with E-state index in [9.17, 15) is 5.11 Å². The molecular weight excluding hydrogens is 288 g/mol. The number of hydrogen-bond acceptors (Lipinski definition) is 1. The second-order valence-corrected chi connectivity index (χ2v) is 5.69. The maximum atomic E-state index is 10.4. The fourth-order valence-electron chi connectivity index (χ4n) is 1.93. The Kier molecular flexibility index (Phi) is 4.20. The minimum absolute atomic E-state index is 0.474. The van der Waals surface area contributed by atoms with Crippen LogP contribution in [0.1, 0.15) is 42.6 Å². The van der Waals surface area contributed by atoms with Gasteiger partial charge in [-0.1, -0.05) is 66.2 Å². The van der Waals surface area contributed by atoms with Gasteiger partial charge < -0.3 is 5.11 Å². The van der Waals surface area contributed by atoms with Gasteiger partial charge in [0.05, 0.1) is 0 Å². The summed E-state index contributed by atoms with van der Waals surface area (Å²) in [6, 6.07) is 15.9. The van der Waals surface area contributed by atoms with Crippen LogP contribution in [0.2, 0.25) is 0 Å². The highest BCUT2D eigenvalue weighted by Gasteiger charge is 2.11. The maximum absolute atomic E-state index is 10.4. The molecule has 0 aliphatic heterocycles. The van der Waals surface area contributed by atoms with Gasteiger partial charge in [0, 0.05) is 4.47 Å². The van der Waals surface area contributed by atoms with Crippen LogP contribution in [-0.4, -0.2) is 5.11 Å². The number of hydrogen-bond donors (Lipinski definition) is 1. The summed E-state index contributed by atoms with van der Waals surface area (Å²) in [5, 5.41) is 10.4. The first kappa shape index (κ1) is 13.3. The molecular formula is C16H17BrO. The highest BCUT2D eigenvalue weighted by atomic mass is 79.9. The van der Waals surface area contributed by atoms with Gasteiger partial charge in [0.1, 0.15) is 6.10 Å². The van der Waals surface area contributed by atoms with E-state index < -0.39 is 6.10 Å². The van der Waals surface area contributed by atoms with E-state index in [0.29, 0.717) is 5.92 Å². The largest absolute Gasteiger partial charge is 0.384 e. The third-order valence-electron chi connectivity index (χ3n) is 3.08. The highest BCUT2D eigenvalue weighted by molar-refractivity contribution is 9.10. The SMILES string of the molecule is CC(C)c1cccc(C(O)c2ccc(Br)cc2)c1. The van der Waals surface area contributed by atoms with Gasteiger partial charge in [-0.05, 0) is 34.7 Å². The Balaban J connectivity index is 2.30. The second-order valence-electron chi connectivity index (χ2n) is 4.78. The molecule has 1 atom stereocenters. The Morgan fingerprint density at radius 2 is 1.50 bits per heavy atom. The molecule has 2 aromatic carbocycles. The van der Waals surface area contributed by atoms with E-state index in [4.69, 9.17) is 0 Å². The smallest absolute Gasteiger partial charge is 0.104 e. The Hall–Kier alpha value is -1.12. The van der Waals surface area contributed by atoms with E-state index >= 15 is 0 Å². The van der Waals surface area contributed by atoms with Gasteiger partial charge in [-0.25, -0.2) is 0 Å². The van der Waals surface area contributed by atoms with Crippen molar-refractivity contribution >= 4 is 15.9 Å². The normalized spacial score (nSPS) is 12.7. The first-order chi connectivity index (χ1) is 8.58. The van der Waals surface area contributed by atoms with Gasteiger partial charge >= 0.3 is 0 Å². The summed E-state index contributed by atoms with van der Waals surface area (Å²) in [5.74, 6) is 0.474. The average Bonchev–Trinajstić information content (AvgIpc) is 2.39. The fourth-order valence-corrected chi connectivity index (χ4v) is 2.19. The molecule has 0 saturated carbocycles. The lowest BCUT2D eigenvalue weighted by atomic mass is 9.96. The van der Waals surface area contributed by atoms with Crippen LogP contribution < -0.4 is 0 Å². The van der Waals surface area contributed by atoms with E-state index in [2.05, 4.69) is 41.9 Å². The van der Waals surface area contributed by atoms with E-state index in [1.165, 1.54) is 5.56 Å². The maximum Gasteiger partial charge on any atom is 0.104 e. The summed E-state index contributed by atoms with van der Waals surface area (Å²) >= 11 is 3.40. The van der Waals surface area contributed by atoms with Gasteiger partial charge in [0.2, 0.25) is 0 Å². The molecule has 2 rings (SSSR count).